The Hall–Kier alpha value is -1.77. The smallest absolute Gasteiger partial charge is 0.314 e. The number of nitrogens with zero attached hydrogens (tertiary/aromatic N) is 1. The van der Waals surface area contributed by atoms with Gasteiger partial charge in [0.25, 0.3) is 0 Å². The zero-order valence-electron chi connectivity index (χ0n) is 12.2. The van der Waals surface area contributed by atoms with Gasteiger partial charge in [0.2, 0.25) is 0 Å². The number of anilines is 1. The third-order valence-electron chi connectivity index (χ3n) is 3.73. The number of benzene rings is 1. The zero-order valence-corrected chi connectivity index (χ0v) is 12.2. The van der Waals surface area contributed by atoms with Crippen LogP contribution in [0.5, 0.6) is 0 Å². The molecule has 102 valence electrons. The van der Waals surface area contributed by atoms with Gasteiger partial charge in [-0.3, -0.25) is 4.90 Å². The van der Waals surface area contributed by atoms with E-state index in [4.69, 9.17) is 0 Å². The normalized spacial score (nSPS) is 15.4. The summed E-state index contributed by atoms with van der Waals surface area (Å²) in [5, 5.41) is 2.90. The highest BCUT2D eigenvalue weighted by Gasteiger charge is 2.23. The molecule has 3 nitrogen and oxygen atoms in total. The standard InChI is InChI=1S/C16H22N2O/c1-12(16(2,3)4)11-17-15(19)18-10-9-13-7-5-6-8-14(13)18/h5-8,11H,9-10H2,1-4H3,(H,17,19)/b12-11+. The Balaban J connectivity index is 2.07. The second-order valence-corrected chi connectivity index (χ2v) is 6.06. The van der Waals surface area contributed by atoms with Crippen LogP contribution in [0.2, 0.25) is 0 Å². The van der Waals surface area contributed by atoms with Crippen molar-refractivity contribution in [3.8, 4) is 0 Å². The van der Waals surface area contributed by atoms with Crippen LogP contribution in [0.1, 0.15) is 33.3 Å². The highest BCUT2D eigenvalue weighted by atomic mass is 16.2. The molecule has 19 heavy (non-hydrogen) atoms. The molecule has 0 bridgehead atoms. The number of hydrogen-bond acceptors (Lipinski definition) is 1. The van der Waals surface area contributed by atoms with Crippen LogP contribution in [-0.4, -0.2) is 12.6 Å². The van der Waals surface area contributed by atoms with Gasteiger partial charge in [-0.05, 0) is 30.4 Å². The molecule has 1 aliphatic rings. The highest BCUT2D eigenvalue weighted by molar-refractivity contribution is 5.94. The highest BCUT2D eigenvalue weighted by Crippen LogP contribution is 2.27. The van der Waals surface area contributed by atoms with E-state index in [0.29, 0.717) is 0 Å². The van der Waals surface area contributed by atoms with Crippen LogP contribution in [0.15, 0.2) is 36.0 Å². The SMILES string of the molecule is C/C(=C\NC(=O)N1CCc2ccccc21)C(C)(C)C. The Morgan fingerprint density at radius 2 is 2.00 bits per heavy atom. The lowest BCUT2D eigenvalue weighted by atomic mass is 9.88. The van der Waals surface area contributed by atoms with Gasteiger partial charge in [0.05, 0.1) is 0 Å². The number of carbonyl (C=O) groups excluding carboxylic acids is 1. The molecule has 0 aromatic heterocycles. The van der Waals surface area contributed by atoms with Crippen LogP contribution in [0.4, 0.5) is 10.5 Å². The van der Waals surface area contributed by atoms with Crippen LogP contribution in [-0.2, 0) is 6.42 Å². The number of allylic oxidation sites excluding steroid dienone is 1. The lowest BCUT2D eigenvalue weighted by Crippen LogP contribution is -2.36. The van der Waals surface area contributed by atoms with E-state index >= 15 is 0 Å². The van der Waals surface area contributed by atoms with Crippen molar-refractivity contribution in [1.82, 2.24) is 5.32 Å². The van der Waals surface area contributed by atoms with E-state index in [2.05, 4.69) is 32.2 Å². The average molecular weight is 258 g/mol. The molecular weight excluding hydrogens is 236 g/mol. The van der Waals surface area contributed by atoms with E-state index in [1.165, 1.54) is 5.56 Å². The minimum Gasteiger partial charge on any atom is -0.314 e. The quantitative estimate of drug-likeness (QED) is 0.818. The fourth-order valence-corrected chi connectivity index (χ4v) is 2.01. The van der Waals surface area contributed by atoms with Crippen LogP contribution in [0.25, 0.3) is 0 Å². The molecule has 2 amide bonds. The van der Waals surface area contributed by atoms with Gasteiger partial charge in [-0.2, -0.15) is 0 Å². The maximum Gasteiger partial charge on any atom is 0.325 e. The monoisotopic (exact) mass is 258 g/mol. The van der Waals surface area contributed by atoms with E-state index < -0.39 is 0 Å². The molecule has 0 radical (unpaired) electrons. The van der Waals surface area contributed by atoms with E-state index in [1.54, 1.807) is 0 Å². The molecule has 0 aliphatic carbocycles. The molecule has 2 rings (SSSR count). The molecule has 0 spiro atoms. The van der Waals surface area contributed by atoms with Gasteiger partial charge >= 0.3 is 6.03 Å². The summed E-state index contributed by atoms with van der Waals surface area (Å²) >= 11 is 0. The van der Waals surface area contributed by atoms with E-state index in [9.17, 15) is 4.79 Å². The Kier molecular flexibility index (Phi) is 3.65. The summed E-state index contributed by atoms with van der Waals surface area (Å²) in [6.45, 7) is 9.20. The van der Waals surface area contributed by atoms with E-state index in [-0.39, 0.29) is 11.4 Å². The fourth-order valence-electron chi connectivity index (χ4n) is 2.01. The summed E-state index contributed by atoms with van der Waals surface area (Å²) in [6, 6.07) is 8.03. The van der Waals surface area contributed by atoms with Crippen molar-refractivity contribution in [2.45, 2.75) is 34.1 Å². The fraction of sp³-hybridized carbons (Fsp3) is 0.438. The molecule has 1 N–H and O–H groups in total. The van der Waals surface area contributed by atoms with E-state index in [1.807, 2.05) is 36.2 Å². The van der Waals surface area contributed by atoms with Crippen molar-refractivity contribution in [2.75, 3.05) is 11.4 Å². The second kappa shape index (κ2) is 5.08. The number of hydrogen-bond donors (Lipinski definition) is 1. The maximum atomic E-state index is 12.2. The Morgan fingerprint density at radius 1 is 1.32 bits per heavy atom. The van der Waals surface area contributed by atoms with Crippen LogP contribution in [0.3, 0.4) is 0 Å². The molecular formula is C16H22N2O. The van der Waals surface area contributed by atoms with Crippen molar-refractivity contribution in [3.05, 3.63) is 41.6 Å². The van der Waals surface area contributed by atoms with Crippen LogP contribution in [0, 0.1) is 5.41 Å². The first-order valence-corrected chi connectivity index (χ1v) is 6.73. The van der Waals surface area contributed by atoms with Gasteiger partial charge in [-0.15, -0.1) is 0 Å². The molecule has 0 saturated heterocycles. The molecule has 1 aromatic carbocycles. The number of rotatable bonds is 1. The molecule has 0 saturated carbocycles. The van der Waals surface area contributed by atoms with Gasteiger partial charge in [-0.25, -0.2) is 4.79 Å². The van der Waals surface area contributed by atoms with Crippen molar-refractivity contribution in [1.29, 1.82) is 0 Å². The van der Waals surface area contributed by atoms with Gasteiger partial charge < -0.3 is 5.32 Å². The minimum absolute atomic E-state index is 0.0476. The Morgan fingerprint density at radius 3 is 2.68 bits per heavy atom. The number of urea groups is 1. The molecule has 0 atom stereocenters. The summed E-state index contributed by atoms with van der Waals surface area (Å²) in [7, 11) is 0. The van der Waals surface area contributed by atoms with Gasteiger partial charge in [0.1, 0.15) is 0 Å². The lowest BCUT2D eigenvalue weighted by molar-refractivity contribution is 0.249. The third-order valence-corrected chi connectivity index (χ3v) is 3.73. The van der Waals surface area contributed by atoms with Crippen molar-refractivity contribution in [3.63, 3.8) is 0 Å². The predicted octanol–water partition coefficient (Wildman–Crippen LogP) is 3.71. The first kappa shape index (κ1) is 13.7. The molecule has 3 heteroatoms. The number of para-hydroxylation sites is 1. The summed E-state index contributed by atoms with van der Waals surface area (Å²) in [5.74, 6) is 0. The molecule has 0 fully saturated rings. The van der Waals surface area contributed by atoms with Gasteiger partial charge in [0, 0.05) is 18.4 Å². The summed E-state index contributed by atoms with van der Waals surface area (Å²) < 4.78 is 0. The molecule has 1 heterocycles. The second-order valence-electron chi connectivity index (χ2n) is 6.06. The summed E-state index contributed by atoms with van der Waals surface area (Å²) in [6.07, 6.45) is 2.76. The predicted molar refractivity (Wildman–Crippen MR) is 79.2 cm³/mol. The maximum absolute atomic E-state index is 12.2. The first-order chi connectivity index (χ1) is 8.89. The largest absolute Gasteiger partial charge is 0.325 e. The minimum atomic E-state index is -0.0476. The Bertz CT molecular complexity index is 512. The van der Waals surface area contributed by atoms with Crippen molar-refractivity contribution < 1.29 is 4.79 Å². The lowest BCUT2D eigenvalue weighted by Gasteiger charge is -2.21. The molecule has 0 unspecified atom stereocenters. The summed E-state index contributed by atoms with van der Waals surface area (Å²) in [5.41, 5.74) is 3.51. The van der Waals surface area contributed by atoms with Gasteiger partial charge in [0.15, 0.2) is 0 Å². The Labute approximate surface area is 115 Å². The zero-order chi connectivity index (χ0) is 14.0. The van der Waals surface area contributed by atoms with Crippen molar-refractivity contribution >= 4 is 11.7 Å². The van der Waals surface area contributed by atoms with Crippen molar-refractivity contribution in [2.24, 2.45) is 5.41 Å². The third kappa shape index (κ3) is 2.98. The van der Waals surface area contributed by atoms with Crippen LogP contribution < -0.4 is 10.2 Å². The number of nitrogens with one attached hydrogen (secondary N) is 1. The average Bonchev–Trinajstić information content (AvgIpc) is 2.78. The molecule has 1 aromatic rings. The van der Waals surface area contributed by atoms with E-state index in [0.717, 1.165) is 24.2 Å². The number of carbonyl (C=O) groups is 1. The number of fused-ring (bicyclic) bond motifs is 1. The molecule has 1 aliphatic heterocycles. The topological polar surface area (TPSA) is 32.3 Å². The summed E-state index contributed by atoms with van der Waals surface area (Å²) in [4.78, 5) is 14.0. The number of amides is 2. The van der Waals surface area contributed by atoms with Gasteiger partial charge in [-0.1, -0.05) is 44.5 Å². The first-order valence-electron chi connectivity index (χ1n) is 6.73. The van der Waals surface area contributed by atoms with Crippen LogP contribution >= 0.6 is 0 Å².